The Morgan fingerprint density at radius 1 is 1.41 bits per heavy atom. The van der Waals surface area contributed by atoms with Crippen LogP contribution in [0.3, 0.4) is 0 Å². The van der Waals surface area contributed by atoms with Crippen LogP contribution < -0.4 is 16.4 Å². The molecule has 2 rings (SSSR count). The highest BCUT2D eigenvalue weighted by Crippen LogP contribution is 2.27. The van der Waals surface area contributed by atoms with Crippen molar-refractivity contribution in [1.82, 2.24) is 10.3 Å². The van der Waals surface area contributed by atoms with E-state index in [0.717, 1.165) is 5.69 Å². The number of fused-ring (bicyclic) bond motifs is 1. The van der Waals surface area contributed by atoms with E-state index in [0.29, 0.717) is 23.3 Å². The first-order valence-corrected chi connectivity index (χ1v) is 5.17. The summed E-state index contributed by atoms with van der Waals surface area (Å²) in [6, 6.07) is 3.47. The van der Waals surface area contributed by atoms with Crippen LogP contribution in [0.2, 0.25) is 0 Å². The van der Waals surface area contributed by atoms with Gasteiger partial charge in [0, 0.05) is 6.54 Å². The van der Waals surface area contributed by atoms with Crippen molar-refractivity contribution in [1.29, 1.82) is 0 Å². The second kappa shape index (κ2) is 4.28. The molecular weight excluding hydrogens is 222 g/mol. The van der Waals surface area contributed by atoms with Crippen molar-refractivity contribution in [3.05, 3.63) is 12.1 Å². The van der Waals surface area contributed by atoms with Crippen LogP contribution >= 0.6 is 0 Å². The number of carbonyl (C=O) groups is 1. The first kappa shape index (κ1) is 11.2. The highest BCUT2D eigenvalue weighted by atomic mass is 16.6. The lowest BCUT2D eigenvalue weighted by Gasteiger charge is -2.21. The fraction of sp³-hybridized carbons (Fsp3) is 0.300. The molecule has 90 valence electrons. The molecular formula is C10H13N5O2. The molecule has 0 radical (unpaired) electrons. The van der Waals surface area contributed by atoms with Gasteiger partial charge in [-0.05, 0) is 29.4 Å². The first-order chi connectivity index (χ1) is 8.13. The molecule has 7 heteroatoms. The third-order valence-electron chi connectivity index (χ3n) is 2.49. The molecule has 0 aliphatic carbocycles. The lowest BCUT2D eigenvalue weighted by atomic mass is 10.2. The van der Waals surface area contributed by atoms with E-state index >= 15 is 0 Å². The summed E-state index contributed by atoms with van der Waals surface area (Å²) in [5.74, 6) is -0.409. The molecule has 17 heavy (non-hydrogen) atoms. The van der Waals surface area contributed by atoms with Crippen LogP contribution in [0.25, 0.3) is 11.0 Å². The van der Waals surface area contributed by atoms with Crippen molar-refractivity contribution in [2.45, 2.75) is 6.92 Å². The molecule has 0 unspecified atom stereocenters. The van der Waals surface area contributed by atoms with Gasteiger partial charge in [0.05, 0.1) is 17.9 Å². The number of likely N-dealkylation sites (N-methyl/N-ethyl adjacent to an activating group) is 1. The zero-order valence-electron chi connectivity index (χ0n) is 9.38. The van der Waals surface area contributed by atoms with Gasteiger partial charge in [0.25, 0.3) is 0 Å². The van der Waals surface area contributed by atoms with Crippen molar-refractivity contribution >= 4 is 28.3 Å². The van der Waals surface area contributed by atoms with Gasteiger partial charge in [-0.25, -0.2) is 4.63 Å². The maximum atomic E-state index is 11.0. The van der Waals surface area contributed by atoms with Gasteiger partial charge in [-0.2, -0.15) is 0 Å². The van der Waals surface area contributed by atoms with Gasteiger partial charge in [-0.1, -0.05) is 0 Å². The molecule has 0 atom stereocenters. The van der Waals surface area contributed by atoms with Gasteiger partial charge in [-0.15, -0.1) is 0 Å². The van der Waals surface area contributed by atoms with E-state index in [4.69, 9.17) is 11.5 Å². The minimum atomic E-state index is -0.409. The molecule has 0 saturated carbocycles. The Hall–Kier alpha value is -2.31. The number of amides is 1. The fourth-order valence-electron chi connectivity index (χ4n) is 1.68. The average Bonchev–Trinajstić information content (AvgIpc) is 2.76. The molecule has 0 aliphatic rings. The monoisotopic (exact) mass is 235 g/mol. The van der Waals surface area contributed by atoms with Crippen LogP contribution in [0, 0.1) is 0 Å². The van der Waals surface area contributed by atoms with Gasteiger partial charge in [-0.3, -0.25) is 4.79 Å². The van der Waals surface area contributed by atoms with Crippen LogP contribution in [-0.4, -0.2) is 29.3 Å². The van der Waals surface area contributed by atoms with E-state index in [2.05, 4.69) is 14.9 Å². The molecule has 1 amide bonds. The zero-order valence-corrected chi connectivity index (χ0v) is 9.38. The van der Waals surface area contributed by atoms with Gasteiger partial charge >= 0.3 is 0 Å². The average molecular weight is 235 g/mol. The van der Waals surface area contributed by atoms with E-state index in [1.54, 1.807) is 17.0 Å². The van der Waals surface area contributed by atoms with Crippen LogP contribution in [0.15, 0.2) is 16.8 Å². The highest BCUT2D eigenvalue weighted by Gasteiger charge is 2.15. The highest BCUT2D eigenvalue weighted by molar-refractivity contribution is 5.96. The SMILES string of the molecule is CCN(CC(N)=O)c1ccc(N)c2nonc12. The molecule has 0 fully saturated rings. The van der Waals surface area contributed by atoms with Crippen molar-refractivity contribution in [3.8, 4) is 0 Å². The van der Waals surface area contributed by atoms with Crippen LogP contribution in [0.4, 0.5) is 11.4 Å². The van der Waals surface area contributed by atoms with Crippen molar-refractivity contribution in [2.75, 3.05) is 23.7 Å². The Balaban J connectivity index is 2.50. The van der Waals surface area contributed by atoms with Crippen molar-refractivity contribution in [3.63, 3.8) is 0 Å². The number of nitrogen functional groups attached to an aromatic ring is 1. The summed E-state index contributed by atoms with van der Waals surface area (Å²) in [6.45, 7) is 2.65. The second-order valence-corrected chi connectivity index (χ2v) is 3.62. The van der Waals surface area contributed by atoms with E-state index in [1.807, 2.05) is 6.92 Å². The predicted octanol–water partition coefficient (Wildman–Crippen LogP) is 0.117. The molecule has 1 aromatic carbocycles. The van der Waals surface area contributed by atoms with Gasteiger partial charge in [0.1, 0.15) is 0 Å². The Morgan fingerprint density at radius 2 is 2.12 bits per heavy atom. The number of primary amides is 1. The number of anilines is 2. The molecule has 4 N–H and O–H groups in total. The van der Waals surface area contributed by atoms with Crippen LogP contribution in [-0.2, 0) is 4.79 Å². The smallest absolute Gasteiger partial charge is 0.236 e. The predicted molar refractivity (Wildman–Crippen MR) is 63.3 cm³/mol. The van der Waals surface area contributed by atoms with Gasteiger partial charge in [0.2, 0.25) is 5.91 Å². The Kier molecular flexibility index (Phi) is 2.82. The summed E-state index contributed by atoms with van der Waals surface area (Å²) in [6.07, 6.45) is 0. The quantitative estimate of drug-likeness (QED) is 0.728. The number of hydrogen-bond acceptors (Lipinski definition) is 6. The van der Waals surface area contributed by atoms with Crippen molar-refractivity contribution in [2.24, 2.45) is 5.73 Å². The molecule has 0 bridgehead atoms. The largest absolute Gasteiger partial charge is 0.397 e. The van der Waals surface area contributed by atoms with E-state index in [1.165, 1.54) is 0 Å². The maximum absolute atomic E-state index is 11.0. The maximum Gasteiger partial charge on any atom is 0.236 e. The molecule has 0 saturated heterocycles. The molecule has 1 aromatic heterocycles. The summed E-state index contributed by atoms with van der Waals surface area (Å²) < 4.78 is 4.66. The molecule has 7 nitrogen and oxygen atoms in total. The zero-order chi connectivity index (χ0) is 12.4. The lowest BCUT2D eigenvalue weighted by molar-refractivity contribution is -0.116. The number of aromatic nitrogens is 2. The summed E-state index contributed by atoms with van der Waals surface area (Å²) in [5.41, 5.74) is 13.2. The molecule has 1 heterocycles. The van der Waals surface area contributed by atoms with E-state index < -0.39 is 5.91 Å². The third-order valence-corrected chi connectivity index (χ3v) is 2.49. The lowest BCUT2D eigenvalue weighted by Crippen LogP contribution is -2.33. The summed E-state index contributed by atoms with van der Waals surface area (Å²) in [5, 5.41) is 7.52. The second-order valence-electron chi connectivity index (χ2n) is 3.62. The van der Waals surface area contributed by atoms with Crippen LogP contribution in [0.5, 0.6) is 0 Å². The number of hydrogen-bond donors (Lipinski definition) is 2. The van der Waals surface area contributed by atoms with Crippen LogP contribution in [0.1, 0.15) is 6.92 Å². The minimum Gasteiger partial charge on any atom is -0.397 e. The van der Waals surface area contributed by atoms with E-state index in [9.17, 15) is 4.79 Å². The summed E-state index contributed by atoms with van der Waals surface area (Å²) in [7, 11) is 0. The Bertz CT molecular complexity index is 551. The van der Waals surface area contributed by atoms with Gasteiger partial charge < -0.3 is 16.4 Å². The molecule has 0 aliphatic heterocycles. The molecule has 0 spiro atoms. The van der Waals surface area contributed by atoms with E-state index in [-0.39, 0.29) is 6.54 Å². The van der Waals surface area contributed by atoms with Gasteiger partial charge in [0.15, 0.2) is 11.0 Å². The topological polar surface area (TPSA) is 111 Å². The number of nitrogens with two attached hydrogens (primary N) is 2. The first-order valence-electron chi connectivity index (χ1n) is 5.17. The Labute approximate surface area is 97.3 Å². The third kappa shape index (κ3) is 1.99. The molecule has 2 aromatic rings. The normalized spacial score (nSPS) is 10.6. The fourth-order valence-corrected chi connectivity index (χ4v) is 1.68. The number of nitrogens with zero attached hydrogens (tertiary/aromatic N) is 3. The standard InChI is InChI=1S/C10H13N5O2/c1-2-15(5-8(12)16)7-4-3-6(11)9-10(7)14-17-13-9/h3-4H,2,5,11H2,1H3,(H2,12,16). The Morgan fingerprint density at radius 3 is 2.76 bits per heavy atom. The number of carbonyl (C=O) groups excluding carboxylic acids is 1. The number of benzene rings is 1. The van der Waals surface area contributed by atoms with Crippen molar-refractivity contribution < 1.29 is 9.42 Å². The summed E-state index contributed by atoms with van der Waals surface area (Å²) >= 11 is 0. The minimum absolute atomic E-state index is 0.113. The number of rotatable bonds is 4. The summed E-state index contributed by atoms with van der Waals surface area (Å²) in [4.78, 5) is 12.8.